The van der Waals surface area contributed by atoms with E-state index < -0.39 is 33.6 Å². The number of para-hydroxylation sites is 1. The van der Waals surface area contributed by atoms with E-state index in [-0.39, 0.29) is 30.8 Å². The normalized spacial score (nSPS) is 17.6. The van der Waals surface area contributed by atoms with E-state index in [0.717, 1.165) is 30.2 Å². The number of primary amides is 1. The first kappa shape index (κ1) is 26.1. The summed E-state index contributed by atoms with van der Waals surface area (Å²) in [5.41, 5.74) is 5.53. The van der Waals surface area contributed by atoms with Crippen molar-refractivity contribution in [1.29, 1.82) is 0 Å². The molecule has 0 radical (unpaired) electrons. The lowest BCUT2D eigenvalue weighted by atomic mass is 9.95. The molecule has 0 aliphatic carbocycles. The second-order valence-electron chi connectivity index (χ2n) is 8.21. The largest absolute Gasteiger partial charge is 0.481 e. The molecule has 0 aromatic heterocycles. The molecule has 2 rings (SSSR count). The van der Waals surface area contributed by atoms with E-state index in [4.69, 9.17) is 15.6 Å². The van der Waals surface area contributed by atoms with Crippen LogP contribution in [-0.2, 0) is 19.6 Å². The summed E-state index contributed by atoms with van der Waals surface area (Å²) in [6.45, 7) is 4.28. The SMILES string of the molecule is C[C@@H](CCOCCCC1CCCNC1)S(=O)(=O)N(CCC(=O)O)c1ccccc1C(N)=O. The van der Waals surface area contributed by atoms with Crippen LogP contribution in [0.1, 0.15) is 55.8 Å². The van der Waals surface area contributed by atoms with Gasteiger partial charge in [-0.1, -0.05) is 12.1 Å². The summed E-state index contributed by atoms with van der Waals surface area (Å²) in [6, 6.07) is 6.05. The van der Waals surface area contributed by atoms with E-state index in [0.29, 0.717) is 12.5 Å². The number of rotatable bonds is 14. The van der Waals surface area contributed by atoms with Crippen LogP contribution in [0.2, 0.25) is 0 Å². The third-order valence-electron chi connectivity index (χ3n) is 5.75. The number of carboxylic acids is 1. The van der Waals surface area contributed by atoms with Crippen molar-refractivity contribution in [3.63, 3.8) is 0 Å². The van der Waals surface area contributed by atoms with Crippen LogP contribution in [0.15, 0.2) is 24.3 Å². The number of nitrogens with zero attached hydrogens (tertiary/aromatic N) is 1. The maximum atomic E-state index is 13.3. The summed E-state index contributed by atoms with van der Waals surface area (Å²) in [6.07, 6.45) is 4.33. The van der Waals surface area contributed by atoms with E-state index in [2.05, 4.69) is 5.32 Å². The molecule has 180 valence electrons. The number of anilines is 1. The number of benzene rings is 1. The maximum Gasteiger partial charge on any atom is 0.305 e. The number of amides is 1. The number of piperidine rings is 1. The standard InChI is InChI=1S/C22H35N3O6S/c1-17(11-15-31-14-5-7-18-6-4-12-24-16-18)32(29,30)25(13-10-21(26)27)20-9-3-2-8-19(20)22(23)28/h2-3,8-9,17-18,24H,4-7,10-16H2,1H3,(H2,23,28)(H,26,27)/t17-,18?/m0/s1. The van der Waals surface area contributed by atoms with E-state index in [1.807, 2.05) is 0 Å². The number of sulfonamides is 1. The van der Waals surface area contributed by atoms with E-state index in [1.165, 1.54) is 25.0 Å². The van der Waals surface area contributed by atoms with Crippen LogP contribution in [0.3, 0.4) is 0 Å². The summed E-state index contributed by atoms with van der Waals surface area (Å²) < 4.78 is 33.2. The number of nitrogens with two attached hydrogens (primary N) is 1. The average molecular weight is 470 g/mol. The lowest BCUT2D eigenvalue weighted by Crippen LogP contribution is -2.40. The molecule has 2 atom stereocenters. The van der Waals surface area contributed by atoms with Crippen molar-refractivity contribution in [3.8, 4) is 0 Å². The van der Waals surface area contributed by atoms with Gasteiger partial charge >= 0.3 is 5.97 Å². The maximum absolute atomic E-state index is 13.3. The minimum Gasteiger partial charge on any atom is -0.481 e. The van der Waals surface area contributed by atoms with Crippen LogP contribution in [0.4, 0.5) is 5.69 Å². The molecule has 10 heteroatoms. The molecule has 1 fully saturated rings. The summed E-state index contributed by atoms with van der Waals surface area (Å²) >= 11 is 0. The number of aliphatic carboxylic acids is 1. The predicted octanol–water partition coefficient (Wildman–Crippen LogP) is 1.97. The van der Waals surface area contributed by atoms with Gasteiger partial charge in [0.15, 0.2) is 0 Å². The molecule has 1 aliphatic heterocycles. The molecule has 32 heavy (non-hydrogen) atoms. The lowest BCUT2D eigenvalue weighted by Gasteiger charge is -2.28. The predicted molar refractivity (Wildman–Crippen MR) is 123 cm³/mol. The highest BCUT2D eigenvalue weighted by molar-refractivity contribution is 7.93. The highest BCUT2D eigenvalue weighted by atomic mass is 32.2. The Morgan fingerprint density at radius 2 is 2.06 bits per heavy atom. The summed E-state index contributed by atoms with van der Waals surface area (Å²) in [5.74, 6) is -1.23. The van der Waals surface area contributed by atoms with E-state index >= 15 is 0 Å². The Bertz CT molecular complexity index is 855. The minimum absolute atomic E-state index is 0.0297. The molecule has 9 nitrogen and oxygen atoms in total. The zero-order valence-electron chi connectivity index (χ0n) is 18.7. The number of hydrogen-bond acceptors (Lipinski definition) is 6. The molecule has 1 amide bonds. The fraction of sp³-hybridized carbons (Fsp3) is 0.636. The van der Waals surface area contributed by atoms with Crippen LogP contribution in [0.25, 0.3) is 0 Å². The molecule has 1 heterocycles. The zero-order chi connectivity index (χ0) is 23.6. The first-order valence-corrected chi connectivity index (χ1v) is 12.6. The quantitative estimate of drug-likeness (QED) is 0.354. The molecule has 0 saturated carbocycles. The third kappa shape index (κ3) is 7.75. The van der Waals surface area contributed by atoms with Gasteiger partial charge in [0, 0.05) is 19.8 Å². The Morgan fingerprint density at radius 3 is 2.72 bits per heavy atom. The van der Waals surface area contributed by atoms with Crippen LogP contribution in [0.5, 0.6) is 0 Å². The van der Waals surface area contributed by atoms with Gasteiger partial charge in [-0.25, -0.2) is 8.42 Å². The Balaban J connectivity index is 1.96. The lowest BCUT2D eigenvalue weighted by molar-refractivity contribution is -0.136. The highest BCUT2D eigenvalue weighted by Crippen LogP contribution is 2.26. The fourth-order valence-corrected chi connectivity index (χ4v) is 5.45. The van der Waals surface area contributed by atoms with Crippen molar-refractivity contribution >= 4 is 27.6 Å². The molecule has 1 saturated heterocycles. The van der Waals surface area contributed by atoms with Gasteiger partial charge in [0.2, 0.25) is 10.0 Å². The van der Waals surface area contributed by atoms with Gasteiger partial charge in [-0.2, -0.15) is 0 Å². The summed E-state index contributed by atoms with van der Waals surface area (Å²) in [5, 5.41) is 11.6. The molecule has 1 aromatic carbocycles. The fourth-order valence-electron chi connectivity index (χ4n) is 3.84. The van der Waals surface area contributed by atoms with Crippen molar-refractivity contribution in [2.75, 3.05) is 37.2 Å². The van der Waals surface area contributed by atoms with Gasteiger partial charge in [-0.15, -0.1) is 0 Å². The van der Waals surface area contributed by atoms with E-state index in [9.17, 15) is 18.0 Å². The number of carboxylic acid groups (broad SMARTS) is 1. The number of hydrogen-bond donors (Lipinski definition) is 3. The molecule has 0 spiro atoms. The van der Waals surface area contributed by atoms with Gasteiger partial charge in [0.05, 0.1) is 22.9 Å². The summed E-state index contributed by atoms with van der Waals surface area (Å²) in [4.78, 5) is 22.9. The highest BCUT2D eigenvalue weighted by Gasteiger charge is 2.31. The first-order chi connectivity index (χ1) is 15.2. The molecular weight excluding hydrogens is 434 g/mol. The van der Waals surface area contributed by atoms with Crippen molar-refractivity contribution < 1.29 is 27.9 Å². The second kappa shape index (κ2) is 12.8. The Kier molecular flexibility index (Phi) is 10.4. The van der Waals surface area contributed by atoms with Crippen molar-refractivity contribution in [2.24, 2.45) is 11.7 Å². The Labute approximate surface area is 190 Å². The van der Waals surface area contributed by atoms with Gasteiger partial charge < -0.3 is 20.9 Å². The average Bonchev–Trinajstić information content (AvgIpc) is 2.76. The summed E-state index contributed by atoms with van der Waals surface area (Å²) in [7, 11) is -3.94. The molecular formula is C22H35N3O6S. The number of carbonyl (C=O) groups is 2. The zero-order valence-corrected chi connectivity index (χ0v) is 19.5. The first-order valence-electron chi connectivity index (χ1n) is 11.1. The number of carbonyl (C=O) groups excluding carboxylic acids is 1. The smallest absolute Gasteiger partial charge is 0.305 e. The Morgan fingerprint density at radius 1 is 1.31 bits per heavy atom. The Hall–Kier alpha value is -2.17. The molecule has 4 N–H and O–H groups in total. The molecule has 1 aliphatic rings. The monoisotopic (exact) mass is 469 g/mol. The van der Waals surface area contributed by atoms with Crippen molar-refractivity contribution in [2.45, 2.75) is 50.7 Å². The second-order valence-corrected chi connectivity index (χ2v) is 10.5. The minimum atomic E-state index is -3.94. The van der Waals surface area contributed by atoms with Crippen molar-refractivity contribution in [1.82, 2.24) is 5.32 Å². The third-order valence-corrected chi connectivity index (χ3v) is 8.00. The van der Waals surface area contributed by atoms with Crippen molar-refractivity contribution in [3.05, 3.63) is 29.8 Å². The molecule has 1 unspecified atom stereocenters. The van der Waals surface area contributed by atoms with Gasteiger partial charge in [-0.05, 0) is 70.2 Å². The number of nitrogens with one attached hydrogen (secondary N) is 1. The van der Waals surface area contributed by atoms with Crippen LogP contribution < -0.4 is 15.4 Å². The molecule has 0 bridgehead atoms. The number of ether oxygens (including phenoxy) is 1. The van der Waals surface area contributed by atoms with E-state index in [1.54, 1.807) is 19.1 Å². The van der Waals surface area contributed by atoms with Crippen LogP contribution in [-0.4, -0.2) is 63.5 Å². The van der Waals surface area contributed by atoms with Crippen LogP contribution in [0, 0.1) is 5.92 Å². The van der Waals surface area contributed by atoms with Gasteiger partial charge in [0.1, 0.15) is 0 Å². The van der Waals surface area contributed by atoms with Gasteiger partial charge in [-0.3, -0.25) is 13.9 Å². The molecule has 1 aromatic rings. The topological polar surface area (TPSA) is 139 Å². The van der Waals surface area contributed by atoms with Crippen LogP contribution >= 0.6 is 0 Å². The van der Waals surface area contributed by atoms with Gasteiger partial charge in [0.25, 0.3) is 5.91 Å².